The van der Waals surface area contributed by atoms with E-state index in [1.807, 2.05) is 31.2 Å². The Morgan fingerprint density at radius 2 is 2.25 bits per heavy atom. The largest absolute Gasteiger partial charge is 0.497 e. The van der Waals surface area contributed by atoms with Gasteiger partial charge in [-0.15, -0.1) is 0 Å². The van der Waals surface area contributed by atoms with Crippen LogP contribution in [0.1, 0.15) is 17.5 Å². The first-order valence-corrected chi connectivity index (χ1v) is 5.09. The number of benzene rings is 1. The molecule has 16 heavy (non-hydrogen) atoms. The summed E-state index contributed by atoms with van der Waals surface area (Å²) in [5.41, 5.74) is 10.4. The number of ether oxygens (including phenoxy) is 1. The van der Waals surface area contributed by atoms with Crippen LogP contribution in [0.3, 0.4) is 0 Å². The molecule has 0 saturated carbocycles. The number of aryl methyl sites for hydroxylation is 1. The third-order valence-corrected chi connectivity index (χ3v) is 2.08. The van der Waals surface area contributed by atoms with Crippen LogP contribution in [0.4, 0.5) is 0 Å². The highest BCUT2D eigenvalue weighted by molar-refractivity contribution is 5.53. The average molecular weight is 217 g/mol. The van der Waals surface area contributed by atoms with Crippen LogP contribution >= 0.6 is 0 Å². The molecule has 0 aromatic heterocycles. The maximum Gasteiger partial charge on any atom is 0.119 e. The summed E-state index contributed by atoms with van der Waals surface area (Å²) < 4.78 is 5.18. The molecule has 0 atom stereocenters. The fourth-order valence-corrected chi connectivity index (χ4v) is 1.39. The summed E-state index contributed by atoms with van der Waals surface area (Å²) in [7, 11) is 1.66. The zero-order valence-electron chi connectivity index (χ0n) is 9.55. The molecule has 4 nitrogen and oxygen atoms in total. The third kappa shape index (κ3) is 4.07. The summed E-state index contributed by atoms with van der Waals surface area (Å²) in [6.45, 7) is 2.52. The van der Waals surface area contributed by atoms with Gasteiger partial charge in [0.15, 0.2) is 0 Å². The average Bonchev–Trinajstić information content (AvgIpc) is 2.28. The molecule has 1 aromatic carbocycles. The first-order chi connectivity index (χ1) is 7.76. The zero-order chi connectivity index (χ0) is 11.8. The SMILES string of the molecule is COc1cc(C)cc(C=CCCN=[N+]=[N-])c1. The molecule has 0 aliphatic rings. The lowest BCUT2D eigenvalue weighted by atomic mass is 10.1. The Kier molecular flexibility index (Phi) is 4.96. The summed E-state index contributed by atoms with van der Waals surface area (Å²) in [5.74, 6) is 0.856. The van der Waals surface area contributed by atoms with Crippen molar-refractivity contribution in [3.8, 4) is 5.75 Å². The highest BCUT2D eigenvalue weighted by Gasteiger charge is 1.95. The highest BCUT2D eigenvalue weighted by atomic mass is 16.5. The van der Waals surface area contributed by atoms with Gasteiger partial charge in [-0.05, 0) is 42.1 Å². The van der Waals surface area contributed by atoms with Crippen LogP contribution in [-0.4, -0.2) is 13.7 Å². The number of hydrogen-bond donors (Lipinski definition) is 0. The molecule has 4 heteroatoms. The van der Waals surface area contributed by atoms with E-state index in [0.717, 1.165) is 23.3 Å². The molecule has 0 radical (unpaired) electrons. The zero-order valence-corrected chi connectivity index (χ0v) is 9.55. The summed E-state index contributed by atoms with van der Waals surface area (Å²) in [4.78, 5) is 2.69. The fourth-order valence-electron chi connectivity index (χ4n) is 1.39. The molecule has 0 aliphatic heterocycles. The lowest BCUT2D eigenvalue weighted by molar-refractivity contribution is 0.414. The van der Waals surface area contributed by atoms with Crippen molar-refractivity contribution in [2.24, 2.45) is 5.11 Å². The van der Waals surface area contributed by atoms with Gasteiger partial charge in [0.25, 0.3) is 0 Å². The molecule has 0 fully saturated rings. The van der Waals surface area contributed by atoms with Crippen molar-refractivity contribution < 1.29 is 4.74 Å². The molecule has 0 unspecified atom stereocenters. The van der Waals surface area contributed by atoms with E-state index in [9.17, 15) is 0 Å². The number of azide groups is 1. The van der Waals surface area contributed by atoms with Gasteiger partial charge in [-0.3, -0.25) is 0 Å². The smallest absolute Gasteiger partial charge is 0.119 e. The summed E-state index contributed by atoms with van der Waals surface area (Å²) in [5, 5.41) is 3.46. The van der Waals surface area contributed by atoms with E-state index in [1.54, 1.807) is 7.11 Å². The minimum Gasteiger partial charge on any atom is -0.497 e. The lowest BCUT2D eigenvalue weighted by Crippen LogP contribution is -1.85. The van der Waals surface area contributed by atoms with Crippen LogP contribution in [0.5, 0.6) is 5.75 Å². The van der Waals surface area contributed by atoms with Crippen LogP contribution in [0.25, 0.3) is 16.5 Å². The molecule has 84 valence electrons. The van der Waals surface area contributed by atoms with Gasteiger partial charge in [-0.1, -0.05) is 23.3 Å². The Labute approximate surface area is 95.2 Å². The van der Waals surface area contributed by atoms with Gasteiger partial charge in [0, 0.05) is 11.5 Å². The van der Waals surface area contributed by atoms with Gasteiger partial charge < -0.3 is 4.74 Å². The predicted molar refractivity (Wildman–Crippen MR) is 65.4 cm³/mol. The maximum atomic E-state index is 8.11. The van der Waals surface area contributed by atoms with Crippen LogP contribution < -0.4 is 4.74 Å². The van der Waals surface area contributed by atoms with Crippen LogP contribution in [0.15, 0.2) is 29.4 Å². The van der Waals surface area contributed by atoms with E-state index < -0.39 is 0 Å². The Bertz CT molecular complexity index is 420. The Morgan fingerprint density at radius 1 is 1.44 bits per heavy atom. The second-order valence-corrected chi connectivity index (χ2v) is 3.43. The van der Waals surface area contributed by atoms with Crippen LogP contribution in [0.2, 0.25) is 0 Å². The first kappa shape index (κ1) is 12.1. The Balaban J connectivity index is 2.65. The van der Waals surface area contributed by atoms with Crippen molar-refractivity contribution in [1.29, 1.82) is 0 Å². The van der Waals surface area contributed by atoms with Crippen molar-refractivity contribution >= 4 is 6.08 Å². The molecule has 0 bridgehead atoms. The van der Waals surface area contributed by atoms with Gasteiger partial charge in [0.1, 0.15) is 5.75 Å². The molecular formula is C12H15N3O. The first-order valence-electron chi connectivity index (χ1n) is 5.09. The van der Waals surface area contributed by atoms with Crippen LogP contribution in [0, 0.1) is 6.92 Å². The minimum atomic E-state index is 0.496. The quantitative estimate of drug-likeness (QED) is 0.321. The molecular weight excluding hydrogens is 202 g/mol. The van der Waals surface area contributed by atoms with E-state index in [1.165, 1.54) is 0 Å². The number of nitrogens with zero attached hydrogens (tertiary/aromatic N) is 3. The maximum absolute atomic E-state index is 8.11. The van der Waals surface area contributed by atoms with Gasteiger partial charge in [0.2, 0.25) is 0 Å². The Morgan fingerprint density at radius 3 is 2.94 bits per heavy atom. The van der Waals surface area contributed by atoms with E-state index >= 15 is 0 Å². The van der Waals surface area contributed by atoms with Crippen molar-refractivity contribution in [1.82, 2.24) is 0 Å². The van der Waals surface area contributed by atoms with E-state index in [0.29, 0.717) is 6.54 Å². The van der Waals surface area contributed by atoms with Crippen molar-refractivity contribution in [2.45, 2.75) is 13.3 Å². The van der Waals surface area contributed by atoms with E-state index in [2.05, 4.69) is 16.1 Å². The molecule has 1 rings (SSSR count). The normalized spacial score (nSPS) is 10.1. The summed E-state index contributed by atoms with van der Waals surface area (Å²) in [6, 6.07) is 6.03. The second-order valence-electron chi connectivity index (χ2n) is 3.43. The number of hydrogen-bond acceptors (Lipinski definition) is 2. The van der Waals surface area contributed by atoms with Crippen molar-refractivity contribution in [3.05, 3.63) is 45.8 Å². The Hall–Kier alpha value is -1.93. The van der Waals surface area contributed by atoms with Gasteiger partial charge >= 0.3 is 0 Å². The third-order valence-electron chi connectivity index (χ3n) is 2.08. The number of methoxy groups -OCH3 is 1. The molecule has 1 aromatic rings. The van der Waals surface area contributed by atoms with Crippen molar-refractivity contribution in [2.75, 3.05) is 13.7 Å². The van der Waals surface area contributed by atoms with Crippen molar-refractivity contribution in [3.63, 3.8) is 0 Å². The number of rotatable bonds is 5. The van der Waals surface area contributed by atoms with Crippen LogP contribution in [-0.2, 0) is 0 Å². The monoisotopic (exact) mass is 217 g/mol. The lowest BCUT2D eigenvalue weighted by Gasteiger charge is -2.03. The summed E-state index contributed by atoms with van der Waals surface area (Å²) >= 11 is 0. The molecule has 0 saturated heterocycles. The van der Waals surface area contributed by atoms with Gasteiger partial charge in [-0.2, -0.15) is 0 Å². The van der Waals surface area contributed by atoms with E-state index in [4.69, 9.17) is 10.3 Å². The molecule has 0 N–H and O–H groups in total. The second kappa shape index (κ2) is 6.53. The highest BCUT2D eigenvalue weighted by Crippen LogP contribution is 2.17. The standard InChI is InChI=1S/C12H15N3O/c1-10-7-11(9-12(8-10)16-2)5-3-4-6-14-15-13/h3,5,7-9H,4,6H2,1-2H3. The minimum absolute atomic E-state index is 0.496. The van der Waals surface area contributed by atoms with E-state index in [-0.39, 0.29) is 0 Å². The predicted octanol–water partition coefficient (Wildman–Crippen LogP) is 3.72. The molecule has 0 heterocycles. The van der Waals surface area contributed by atoms with Gasteiger partial charge in [0.05, 0.1) is 7.11 Å². The summed E-state index contributed by atoms with van der Waals surface area (Å²) in [6.07, 6.45) is 4.74. The fraction of sp³-hybridized carbons (Fsp3) is 0.333. The molecule has 0 spiro atoms. The topological polar surface area (TPSA) is 58.0 Å². The molecule has 0 aliphatic carbocycles. The van der Waals surface area contributed by atoms with Gasteiger partial charge in [-0.25, -0.2) is 0 Å². The molecule has 0 amide bonds.